The highest BCUT2D eigenvalue weighted by atomic mass is 16.6. The maximum absolute atomic E-state index is 12.4. The molecule has 1 aromatic carbocycles. The molecule has 0 N–H and O–H groups in total. The second-order valence-corrected chi connectivity index (χ2v) is 5.14. The summed E-state index contributed by atoms with van der Waals surface area (Å²) in [6.07, 6.45) is 2.09. The van der Waals surface area contributed by atoms with Gasteiger partial charge in [-0.05, 0) is 30.9 Å². The van der Waals surface area contributed by atoms with E-state index in [1.807, 2.05) is 0 Å². The van der Waals surface area contributed by atoms with Crippen LogP contribution < -0.4 is 4.74 Å². The lowest BCUT2D eigenvalue weighted by Gasteiger charge is -2.31. The van der Waals surface area contributed by atoms with Crippen LogP contribution in [0.3, 0.4) is 0 Å². The Kier molecular flexibility index (Phi) is 4.22. The minimum Gasteiger partial charge on any atom is -0.490 e. The molecule has 1 heterocycles. The number of ether oxygens (including phenoxy) is 1. The number of carbonyl (C=O) groups excluding carboxylic acids is 1. The van der Waals surface area contributed by atoms with E-state index >= 15 is 0 Å². The number of hydrogen-bond donors (Lipinski definition) is 0. The summed E-state index contributed by atoms with van der Waals surface area (Å²) >= 11 is 0. The molecule has 6 nitrogen and oxygen atoms in total. The summed E-state index contributed by atoms with van der Waals surface area (Å²) in [5.41, 5.74) is 0.162. The second kappa shape index (κ2) is 5.90. The molecule has 1 atom stereocenters. The fourth-order valence-electron chi connectivity index (χ4n) is 2.52. The van der Waals surface area contributed by atoms with Gasteiger partial charge in [0.2, 0.25) is 0 Å². The Hall–Kier alpha value is -2.11. The highest BCUT2D eigenvalue weighted by Crippen LogP contribution is 2.28. The number of benzene rings is 1. The number of amides is 1. The van der Waals surface area contributed by atoms with Gasteiger partial charge in [-0.2, -0.15) is 0 Å². The van der Waals surface area contributed by atoms with Crippen LogP contribution in [0.2, 0.25) is 0 Å². The molecule has 1 aliphatic rings. The Morgan fingerprint density at radius 2 is 2.25 bits per heavy atom. The largest absolute Gasteiger partial charge is 0.490 e. The van der Waals surface area contributed by atoms with Gasteiger partial charge in [0, 0.05) is 24.7 Å². The zero-order valence-electron chi connectivity index (χ0n) is 11.7. The molecule has 0 aliphatic carbocycles. The molecule has 108 valence electrons. The predicted molar refractivity (Wildman–Crippen MR) is 73.9 cm³/mol. The summed E-state index contributed by atoms with van der Waals surface area (Å²) < 4.78 is 4.94. The highest BCUT2D eigenvalue weighted by Gasteiger charge is 2.24. The molecule has 1 fully saturated rings. The van der Waals surface area contributed by atoms with Gasteiger partial charge in [-0.15, -0.1) is 0 Å². The van der Waals surface area contributed by atoms with Crippen molar-refractivity contribution in [1.29, 1.82) is 0 Å². The fourth-order valence-corrected chi connectivity index (χ4v) is 2.52. The SMILES string of the molecule is COc1ccc(C(=O)N2CCC[C@@H](C)C2)cc1[N+](=O)[O-]. The summed E-state index contributed by atoms with van der Waals surface area (Å²) in [4.78, 5) is 24.6. The number of nitro benzene ring substituents is 1. The molecule has 0 spiro atoms. The maximum atomic E-state index is 12.4. The van der Waals surface area contributed by atoms with Crippen molar-refractivity contribution in [2.75, 3.05) is 20.2 Å². The van der Waals surface area contributed by atoms with Crippen LogP contribution in [0, 0.1) is 16.0 Å². The first kappa shape index (κ1) is 14.3. The summed E-state index contributed by atoms with van der Waals surface area (Å²) in [7, 11) is 1.37. The van der Waals surface area contributed by atoms with E-state index in [0.717, 1.165) is 12.8 Å². The quantitative estimate of drug-likeness (QED) is 0.629. The minimum absolute atomic E-state index is 0.151. The van der Waals surface area contributed by atoms with E-state index in [0.29, 0.717) is 24.6 Å². The van der Waals surface area contributed by atoms with Crippen molar-refractivity contribution >= 4 is 11.6 Å². The van der Waals surface area contributed by atoms with Crippen molar-refractivity contribution in [3.05, 3.63) is 33.9 Å². The second-order valence-electron chi connectivity index (χ2n) is 5.14. The van der Waals surface area contributed by atoms with Crippen molar-refractivity contribution in [3.8, 4) is 5.75 Å². The van der Waals surface area contributed by atoms with E-state index in [1.165, 1.54) is 19.2 Å². The molecule has 1 saturated heterocycles. The van der Waals surface area contributed by atoms with Gasteiger partial charge >= 0.3 is 5.69 Å². The summed E-state index contributed by atoms with van der Waals surface area (Å²) in [5, 5.41) is 11.0. The van der Waals surface area contributed by atoms with E-state index in [9.17, 15) is 14.9 Å². The highest BCUT2D eigenvalue weighted by molar-refractivity contribution is 5.95. The number of methoxy groups -OCH3 is 1. The molecule has 6 heteroatoms. The Bertz CT molecular complexity index is 530. The molecule has 0 saturated carbocycles. The molecule has 2 rings (SSSR count). The van der Waals surface area contributed by atoms with Crippen LogP contribution in [0.5, 0.6) is 5.75 Å². The number of hydrogen-bond acceptors (Lipinski definition) is 4. The Morgan fingerprint density at radius 3 is 2.85 bits per heavy atom. The van der Waals surface area contributed by atoms with Crippen molar-refractivity contribution in [1.82, 2.24) is 4.90 Å². The molecule has 0 unspecified atom stereocenters. The standard InChI is InChI=1S/C14H18N2O4/c1-10-4-3-7-15(9-10)14(17)11-5-6-13(20-2)12(8-11)16(18)19/h5-6,8,10H,3-4,7,9H2,1-2H3/t10-/m1/s1. The van der Waals surface area contributed by atoms with Crippen LogP contribution in [0.25, 0.3) is 0 Å². The third-order valence-corrected chi connectivity index (χ3v) is 3.57. The average Bonchev–Trinajstić information content (AvgIpc) is 2.45. The van der Waals surface area contributed by atoms with Gasteiger partial charge in [-0.3, -0.25) is 14.9 Å². The normalized spacial score (nSPS) is 18.7. The Labute approximate surface area is 117 Å². The predicted octanol–water partition coefficient (Wildman–Crippen LogP) is 2.48. The molecule has 0 radical (unpaired) electrons. The monoisotopic (exact) mass is 278 g/mol. The Morgan fingerprint density at radius 1 is 1.50 bits per heavy atom. The average molecular weight is 278 g/mol. The first-order valence-corrected chi connectivity index (χ1v) is 6.64. The van der Waals surface area contributed by atoms with Crippen LogP contribution >= 0.6 is 0 Å². The third-order valence-electron chi connectivity index (χ3n) is 3.57. The number of nitro groups is 1. The Balaban J connectivity index is 2.26. The zero-order valence-corrected chi connectivity index (χ0v) is 11.7. The smallest absolute Gasteiger partial charge is 0.311 e. The van der Waals surface area contributed by atoms with E-state index in [2.05, 4.69) is 6.92 Å². The van der Waals surface area contributed by atoms with E-state index in [-0.39, 0.29) is 17.3 Å². The van der Waals surface area contributed by atoms with Gasteiger partial charge in [0.05, 0.1) is 12.0 Å². The van der Waals surface area contributed by atoms with Crippen LogP contribution in [0.15, 0.2) is 18.2 Å². The van der Waals surface area contributed by atoms with Crippen LogP contribution in [0.4, 0.5) is 5.69 Å². The topological polar surface area (TPSA) is 72.7 Å². The van der Waals surface area contributed by atoms with Crippen molar-refractivity contribution in [2.45, 2.75) is 19.8 Å². The van der Waals surface area contributed by atoms with Crippen LogP contribution in [-0.2, 0) is 0 Å². The number of rotatable bonds is 3. The molecule has 1 amide bonds. The van der Waals surface area contributed by atoms with Gasteiger partial charge in [-0.1, -0.05) is 6.92 Å². The number of nitrogens with zero attached hydrogens (tertiary/aromatic N) is 2. The van der Waals surface area contributed by atoms with Crippen molar-refractivity contribution < 1.29 is 14.5 Å². The molecule has 0 bridgehead atoms. The van der Waals surface area contributed by atoms with Gasteiger partial charge in [0.25, 0.3) is 5.91 Å². The molecule has 20 heavy (non-hydrogen) atoms. The van der Waals surface area contributed by atoms with Gasteiger partial charge in [0.1, 0.15) is 0 Å². The fraction of sp³-hybridized carbons (Fsp3) is 0.500. The number of likely N-dealkylation sites (tertiary alicyclic amines) is 1. The summed E-state index contributed by atoms with van der Waals surface area (Å²) in [6.45, 7) is 3.53. The lowest BCUT2D eigenvalue weighted by atomic mass is 9.99. The van der Waals surface area contributed by atoms with E-state index < -0.39 is 4.92 Å². The zero-order chi connectivity index (χ0) is 14.7. The van der Waals surface area contributed by atoms with Gasteiger partial charge < -0.3 is 9.64 Å². The molecule has 1 aromatic rings. The van der Waals surface area contributed by atoms with Crippen LogP contribution in [-0.4, -0.2) is 35.9 Å². The lowest BCUT2D eigenvalue weighted by Crippen LogP contribution is -2.39. The molecular weight excluding hydrogens is 260 g/mol. The van der Waals surface area contributed by atoms with Crippen molar-refractivity contribution in [3.63, 3.8) is 0 Å². The number of piperidine rings is 1. The summed E-state index contributed by atoms with van der Waals surface area (Å²) in [5.74, 6) is 0.488. The third kappa shape index (κ3) is 2.89. The van der Waals surface area contributed by atoms with E-state index in [4.69, 9.17) is 4.74 Å². The minimum atomic E-state index is -0.533. The summed E-state index contributed by atoms with van der Waals surface area (Å²) in [6, 6.07) is 4.34. The van der Waals surface area contributed by atoms with Gasteiger partial charge in [0.15, 0.2) is 5.75 Å². The first-order chi connectivity index (χ1) is 9.52. The molecule has 0 aromatic heterocycles. The number of carbonyl (C=O) groups is 1. The van der Waals surface area contributed by atoms with Crippen molar-refractivity contribution in [2.24, 2.45) is 5.92 Å². The van der Waals surface area contributed by atoms with E-state index in [1.54, 1.807) is 11.0 Å². The first-order valence-electron chi connectivity index (χ1n) is 6.64. The maximum Gasteiger partial charge on any atom is 0.311 e. The molecule has 1 aliphatic heterocycles. The van der Waals surface area contributed by atoms with Crippen LogP contribution in [0.1, 0.15) is 30.1 Å². The lowest BCUT2D eigenvalue weighted by molar-refractivity contribution is -0.385. The van der Waals surface area contributed by atoms with Gasteiger partial charge in [-0.25, -0.2) is 0 Å². The molecular formula is C14H18N2O4.